The van der Waals surface area contributed by atoms with Gasteiger partial charge in [0, 0.05) is 0 Å². The van der Waals surface area contributed by atoms with Gasteiger partial charge < -0.3 is 24.8 Å². The maximum absolute atomic E-state index is 12.1. The van der Waals surface area contributed by atoms with E-state index in [0.717, 1.165) is 10.2 Å². The van der Waals surface area contributed by atoms with E-state index in [-0.39, 0.29) is 5.82 Å². The van der Waals surface area contributed by atoms with Crippen LogP contribution in [0, 0.1) is 0 Å². The molecule has 4 atom stereocenters. The zero-order chi connectivity index (χ0) is 19.4. The zero-order valence-electron chi connectivity index (χ0n) is 14.3. The van der Waals surface area contributed by atoms with Crippen molar-refractivity contribution in [3.8, 4) is 5.75 Å². The molecule has 3 rings (SSSR count). The van der Waals surface area contributed by atoms with Gasteiger partial charge in [-0.1, -0.05) is 0 Å². The lowest BCUT2D eigenvalue weighted by atomic mass is 10.1. The van der Waals surface area contributed by atoms with Crippen molar-refractivity contribution in [2.24, 2.45) is 5.10 Å². The van der Waals surface area contributed by atoms with E-state index in [4.69, 9.17) is 14.6 Å². The fourth-order valence-corrected chi connectivity index (χ4v) is 2.51. The van der Waals surface area contributed by atoms with Gasteiger partial charge in [-0.2, -0.15) is 5.10 Å². The highest BCUT2D eigenvalue weighted by atomic mass is 16.6. The van der Waals surface area contributed by atoms with Gasteiger partial charge in [0.1, 0.15) is 30.4 Å². The molecule has 1 aromatic carbocycles. The second-order valence-corrected chi connectivity index (χ2v) is 5.75. The minimum Gasteiger partial charge on any atom is -0.497 e. The molecule has 1 saturated heterocycles. The summed E-state index contributed by atoms with van der Waals surface area (Å²) in [4.78, 5) is 15.9. The van der Waals surface area contributed by atoms with Crippen molar-refractivity contribution in [1.29, 1.82) is 0 Å². The Kier molecular flexibility index (Phi) is 5.76. The van der Waals surface area contributed by atoms with Crippen LogP contribution in [0.3, 0.4) is 0 Å². The molecule has 0 radical (unpaired) electrons. The Morgan fingerprint density at radius 2 is 2.11 bits per heavy atom. The number of methoxy groups -OCH3 is 1. The van der Waals surface area contributed by atoms with E-state index >= 15 is 0 Å². The van der Waals surface area contributed by atoms with E-state index in [1.165, 1.54) is 12.5 Å². The van der Waals surface area contributed by atoms with E-state index in [1.54, 1.807) is 31.4 Å². The van der Waals surface area contributed by atoms with E-state index in [1.807, 2.05) is 0 Å². The number of benzene rings is 1. The van der Waals surface area contributed by atoms with E-state index in [9.17, 15) is 15.0 Å². The molecule has 11 heteroatoms. The summed E-state index contributed by atoms with van der Waals surface area (Å²) in [5, 5.41) is 36.6. The molecule has 0 aliphatic carbocycles. The fraction of sp³-hybridized carbons (Fsp3) is 0.375. The first kappa shape index (κ1) is 18.9. The lowest BCUT2D eigenvalue weighted by Gasteiger charge is -2.13. The van der Waals surface area contributed by atoms with Gasteiger partial charge in [0.25, 0.3) is 0 Å². The smallest absolute Gasteiger partial charge is 0.310 e. The Hall–Kier alpha value is -2.86. The van der Waals surface area contributed by atoms with Crippen LogP contribution in [0.2, 0.25) is 0 Å². The van der Waals surface area contributed by atoms with Crippen LogP contribution in [0.5, 0.6) is 5.75 Å². The van der Waals surface area contributed by atoms with Crippen molar-refractivity contribution in [3.05, 3.63) is 42.0 Å². The van der Waals surface area contributed by atoms with Gasteiger partial charge in [0.2, 0.25) is 5.82 Å². The van der Waals surface area contributed by atoms with Crippen LogP contribution in [0.15, 0.2) is 35.7 Å². The number of carbonyl (C=O) groups is 1. The van der Waals surface area contributed by atoms with Crippen LogP contribution >= 0.6 is 0 Å². The van der Waals surface area contributed by atoms with Gasteiger partial charge in [0.05, 0.1) is 19.9 Å². The minimum atomic E-state index is -1.31. The number of carbonyl (C=O) groups excluding carboxylic acids is 1. The Morgan fingerprint density at radius 1 is 1.37 bits per heavy atom. The number of nitrogens with zero attached hydrogens (tertiary/aromatic N) is 4. The third-order valence-corrected chi connectivity index (χ3v) is 3.99. The zero-order valence-corrected chi connectivity index (χ0v) is 14.3. The highest BCUT2D eigenvalue weighted by molar-refractivity contribution is 5.91. The molecule has 11 nitrogen and oxygen atoms in total. The molecule has 1 amide bonds. The molecule has 0 bridgehead atoms. The maximum atomic E-state index is 12.1. The number of ether oxygens (including phenoxy) is 2. The third-order valence-electron chi connectivity index (χ3n) is 3.99. The molecule has 1 fully saturated rings. The predicted molar refractivity (Wildman–Crippen MR) is 91.1 cm³/mol. The second kappa shape index (κ2) is 8.22. The Morgan fingerprint density at radius 3 is 2.74 bits per heavy atom. The quantitative estimate of drug-likeness (QED) is 0.357. The number of hydrogen-bond donors (Lipinski definition) is 4. The summed E-state index contributed by atoms with van der Waals surface area (Å²) in [7, 11) is 1.57. The molecular formula is C16H19N5O6. The van der Waals surface area contributed by atoms with Gasteiger partial charge in [0.15, 0.2) is 6.23 Å². The minimum absolute atomic E-state index is 0.195. The van der Waals surface area contributed by atoms with Gasteiger partial charge >= 0.3 is 5.91 Å². The molecule has 1 aliphatic heterocycles. The first-order chi connectivity index (χ1) is 13.0. The molecular weight excluding hydrogens is 358 g/mol. The second-order valence-electron chi connectivity index (χ2n) is 5.75. The van der Waals surface area contributed by atoms with Crippen molar-refractivity contribution in [1.82, 2.24) is 20.2 Å². The van der Waals surface area contributed by atoms with Crippen LogP contribution < -0.4 is 10.2 Å². The molecule has 27 heavy (non-hydrogen) atoms. The summed E-state index contributed by atoms with van der Waals surface area (Å²) < 4.78 is 11.5. The number of aliphatic hydroxyl groups excluding tert-OH is 3. The molecule has 2 heterocycles. The van der Waals surface area contributed by atoms with Crippen molar-refractivity contribution >= 4 is 12.1 Å². The lowest BCUT2D eigenvalue weighted by molar-refractivity contribution is -0.0588. The highest BCUT2D eigenvalue weighted by Crippen LogP contribution is 2.28. The van der Waals surface area contributed by atoms with Gasteiger partial charge in [-0.3, -0.25) is 4.79 Å². The number of rotatable bonds is 6. The molecule has 1 aromatic heterocycles. The van der Waals surface area contributed by atoms with Crippen molar-refractivity contribution in [3.63, 3.8) is 0 Å². The molecule has 144 valence electrons. The predicted octanol–water partition coefficient (Wildman–Crippen LogP) is -1.34. The number of hydrogen-bond acceptors (Lipinski definition) is 9. The van der Waals surface area contributed by atoms with Crippen molar-refractivity contribution in [2.75, 3.05) is 13.7 Å². The standard InChI is InChI=1S/C16H19N5O6/c1-26-10-4-2-9(3-5-10)6-18-19-15(25)14-17-8-21(20-14)16-13(24)12(23)11(7-22)27-16/h2-6,8,11-13,16,22-24H,7H2,1H3,(H,19,25)/b18-6+/t11-,12-,13-,16-/m1/s1. The third kappa shape index (κ3) is 4.11. The topological polar surface area (TPSA) is 151 Å². The van der Waals surface area contributed by atoms with Gasteiger partial charge in [-0.05, 0) is 29.8 Å². The lowest BCUT2D eigenvalue weighted by Crippen LogP contribution is -2.33. The fourth-order valence-electron chi connectivity index (χ4n) is 2.51. The molecule has 2 aromatic rings. The van der Waals surface area contributed by atoms with Gasteiger partial charge in [-0.15, -0.1) is 5.10 Å². The first-order valence-electron chi connectivity index (χ1n) is 8.04. The summed E-state index contributed by atoms with van der Waals surface area (Å²) in [6, 6.07) is 7.05. The monoisotopic (exact) mass is 377 g/mol. The van der Waals surface area contributed by atoms with Crippen molar-refractivity contribution in [2.45, 2.75) is 24.5 Å². The van der Waals surface area contributed by atoms with E-state index in [2.05, 4.69) is 20.6 Å². The summed E-state index contributed by atoms with van der Waals surface area (Å²) in [6.07, 6.45) is -1.96. The summed E-state index contributed by atoms with van der Waals surface area (Å²) in [5.41, 5.74) is 3.04. The molecule has 0 spiro atoms. The normalized spacial score (nSPS) is 25.0. The number of aliphatic hydroxyl groups is 3. The summed E-state index contributed by atoms with van der Waals surface area (Å²) in [5.74, 6) is -0.152. The van der Waals surface area contributed by atoms with Crippen LogP contribution in [0.25, 0.3) is 0 Å². The maximum Gasteiger partial charge on any atom is 0.310 e. The van der Waals surface area contributed by atoms with Crippen LogP contribution in [0.4, 0.5) is 0 Å². The largest absolute Gasteiger partial charge is 0.497 e. The molecule has 4 N–H and O–H groups in total. The number of aromatic nitrogens is 3. The van der Waals surface area contributed by atoms with Crippen LogP contribution in [0.1, 0.15) is 22.4 Å². The average Bonchev–Trinajstić information content (AvgIpc) is 3.28. The molecule has 0 saturated carbocycles. The number of amides is 1. The average molecular weight is 377 g/mol. The number of nitrogens with one attached hydrogen (secondary N) is 1. The Bertz CT molecular complexity index is 808. The SMILES string of the molecule is COc1ccc(/C=N/NC(=O)c2ncn([C@@H]3O[C@H](CO)[C@@H](O)[C@H]3O)n2)cc1. The molecule has 1 aliphatic rings. The Balaban J connectivity index is 1.60. The first-order valence-corrected chi connectivity index (χ1v) is 8.04. The highest BCUT2D eigenvalue weighted by Gasteiger charge is 2.44. The van der Waals surface area contributed by atoms with Crippen LogP contribution in [-0.4, -0.2) is 74.2 Å². The van der Waals surface area contributed by atoms with Crippen LogP contribution in [-0.2, 0) is 4.74 Å². The molecule has 0 unspecified atom stereocenters. The van der Waals surface area contributed by atoms with E-state index in [0.29, 0.717) is 5.75 Å². The summed E-state index contributed by atoms with van der Waals surface area (Å²) >= 11 is 0. The summed E-state index contributed by atoms with van der Waals surface area (Å²) in [6.45, 7) is -0.461. The number of hydrazone groups is 1. The van der Waals surface area contributed by atoms with Gasteiger partial charge in [-0.25, -0.2) is 15.1 Å². The van der Waals surface area contributed by atoms with E-state index < -0.39 is 37.1 Å². The van der Waals surface area contributed by atoms with Crippen molar-refractivity contribution < 1.29 is 29.6 Å². The Labute approximate surface area is 153 Å².